The standard InChI is InChI=1S/C18H27NO3/c1-14-6-7-15(2)17(13-14)22-12-4-3-5-18(21)19-10-8-16(20)9-11-19/h6-7,13,16,20H,3-5,8-12H2,1-2H3. The number of amides is 1. The lowest BCUT2D eigenvalue weighted by molar-refractivity contribution is -0.133. The van der Waals surface area contributed by atoms with Crippen LogP contribution in [0.4, 0.5) is 0 Å². The van der Waals surface area contributed by atoms with Gasteiger partial charge in [-0.3, -0.25) is 4.79 Å². The molecule has 4 heteroatoms. The minimum absolute atomic E-state index is 0.207. The second-order valence-electron chi connectivity index (χ2n) is 6.19. The Morgan fingerprint density at radius 3 is 2.73 bits per heavy atom. The first kappa shape index (κ1) is 16.8. The molecule has 0 spiro atoms. The molecule has 1 aromatic rings. The van der Waals surface area contributed by atoms with E-state index in [4.69, 9.17) is 4.74 Å². The molecule has 1 heterocycles. The molecule has 1 amide bonds. The van der Waals surface area contributed by atoms with Crippen LogP contribution >= 0.6 is 0 Å². The molecule has 0 saturated carbocycles. The Hall–Kier alpha value is -1.55. The number of hydrogen-bond donors (Lipinski definition) is 1. The first-order chi connectivity index (χ1) is 10.6. The van der Waals surface area contributed by atoms with Gasteiger partial charge in [0.1, 0.15) is 5.75 Å². The third-order valence-electron chi connectivity index (χ3n) is 4.20. The van der Waals surface area contributed by atoms with E-state index in [0.717, 1.165) is 24.2 Å². The van der Waals surface area contributed by atoms with Crippen molar-refractivity contribution >= 4 is 5.91 Å². The summed E-state index contributed by atoms with van der Waals surface area (Å²) in [5.41, 5.74) is 2.34. The van der Waals surface area contributed by atoms with E-state index < -0.39 is 0 Å². The maximum Gasteiger partial charge on any atom is 0.222 e. The smallest absolute Gasteiger partial charge is 0.222 e. The van der Waals surface area contributed by atoms with E-state index in [9.17, 15) is 9.90 Å². The lowest BCUT2D eigenvalue weighted by atomic mass is 10.1. The number of carbonyl (C=O) groups excluding carboxylic acids is 1. The molecule has 22 heavy (non-hydrogen) atoms. The van der Waals surface area contributed by atoms with E-state index in [0.29, 0.717) is 39.0 Å². The Bertz CT molecular complexity index is 493. The molecule has 4 nitrogen and oxygen atoms in total. The zero-order chi connectivity index (χ0) is 15.9. The number of ether oxygens (including phenoxy) is 1. The predicted octanol–water partition coefficient (Wildman–Crippen LogP) is 2.84. The highest BCUT2D eigenvalue weighted by molar-refractivity contribution is 5.76. The van der Waals surface area contributed by atoms with Crippen LogP contribution in [-0.4, -0.2) is 41.7 Å². The van der Waals surface area contributed by atoms with Crippen molar-refractivity contribution in [3.63, 3.8) is 0 Å². The molecule has 1 aliphatic rings. The number of aliphatic hydroxyl groups excluding tert-OH is 1. The molecule has 1 N–H and O–H groups in total. The number of aliphatic hydroxyl groups is 1. The van der Waals surface area contributed by atoms with Gasteiger partial charge in [-0.1, -0.05) is 12.1 Å². The Kier molecular flexibility index (Phi) is 6.25. The largest absolute Gasteiger partial charge is 0.493 e. The van der Waals surface area contributed by atoms with Crippen molar-refractivity contribution in [1.29, 1.82) is 0 Å². The molecule has 0 radical (unpaired) electrons. The minimum atomic E-state index is -0.227. The van der Waals surface area contributed by atoms with Gasteiger partial charge in [0.15, 0.2) is 0 Å². The molecule has 0 bridgehead atoms. The van der Waals surface area contributed by atoms with E-state index in [1.165, 1.54) is 5.56 Å². The molecular weight excluding hydrogens is 278 g/mol. The molecule has 1 fully saturated rings. The summed E-state index contributed by atoms with van der Waals surface area (Å²) in [7, 11) is 0. The second kappa shape index (κ2) is 8.18. The minimum Gasteiger partial charge on any atom is -0.493 e. The average Bonchev–Trinajstić information content (AvgIpc) is 2.50. The van der Waals surface area contributed by atoms with Crippen LogP contribution < -0.4 is 4.74 Å². The SMILES string of the molecule is Cc1ccc(C)c(OCCCCC(=O)N2CCC(O)CC2)c1. The Morgan fingerprint density at radius 1 is 1.27 bits per heavy atom. The van der Waals surface area contributed by atoms with Gasteiger partial charge in [-0.05, 0) is 56.7 Å². The van der Waals surface area contributed by atoms with Gasteiger partial charge >= 0.3 is 0 Å². The van der Waals surface area contributed by atoms with Gasteiger partial charge in [-0.25, -0.2) is 0 Å². The first-order valence-corrected chi connectivity index (χ1v) is 8.22. The summed E-state index contributed by atoms with van der Waals surface area (Å²) in [6.07, 6.45) is 3.50. The summed E-state index contributed by atoms with van der Waals surface area (Å²) in [6, 6.07) is 6.20. The molecule has 0 aliphatic carbocycles. The quantitative estimate of drug-likeness (QED) is 0.822. The van der Waals surface area contributed by atoms with Gasteiger partial charge in [-0.15, -0.1) is 0 Å². The first-order valence-electron chi connectivity index (χ1n) is 8.22. The number of benzene rings is 1. The predicted molar refractivity (Wildman–Crippen MR) is 87.1 cm³/mol. The number of unbranched alkanes of at least 4 members (excludes halogenated alkanes) is 1. The Labute approximate surface area is 133 Å². The average molecular weight is 305 g/mol. The topological polar surface area (TPSA) is 49.8 Å². The normalized spacial score (nSPS) is 15.9. The number of hydrogen-bond acceptors (Lipinski definition) is 3. The van der Waals surface area contributed by atoms with Crippen molar-refractivity contribution < 1.29 is 14.6 Å². The van der Waals surface area contributed by atoms with Crippen molar-refractivity contribution in [3.8, 4) is 5.75 Å². The zero-order valence-corrected chi connectivity index (χ0v) is 13.7. The number of aryl methyl sites for hydroxylation is 2. The molecule has 122 valence electrons. The van der Waals surface area contributed by atoms with Crippen molar-refractivity contribution in [1.82, 2.24) is 4.90 Å². The van der Waals surface area contributed by atoms with Crippen molar-refractivity contribution in [3.05, 3.63) is 29.3 Å². The third kappa shape index (κ3) is 5.02. The molecule has 0 atom stereocenters. The van der Waals surface area contributed by atoms with Crippen LogP contribution in [0, 0.1) is 13.8 Å². The maximum absolute atomic E-state index is 12.0. The van der Waals surface area contributed by atoms with Crippen LogP contribution in [0.5, 0.6) is 5.75 Å². The van der Waals surface area contributed by atoms with Crippen LogP contribution in [0.1, 0.15) is 43.2 Å². The van der Waals surface area contributed by atoms with Gasteiger partial charge in [-0.2, -0.15) is 0 Å². The Morgan fingerprint density at radius 2 is 2.00 bits per heavy atom. The summed E-state index contributed by atoms with van der Waals surface area (Å²) in [4.78, 5) is 13.9. The molecule has 1 aromatic carbocycles. The van der Waals surface area contributed by atoms with E-state index in [2.05, 4.69) is 25.1 Å². The maximum atomic E-state index is 12.0. The number of carbonyl (C=O) groups is 1. The lowest BCUT2D eigenvalue weighted by Gasteiger charge is -2.29. The van der Waals surface area contributed by atoms with E-state index in [1.807, 2.05) is 11.8 Å². The number of piperidine rings is 1. The third-order valence-corrected chi connectivity index (χ3v) is 4.20. The lowest BCUT2D eigenvalue weighted by Crippen LogP contribution is -2.39. The van der Waals surface area contributed by atoms with Crippen molar-refractivity contribution in [2.24, 2.45) is 0 Å². The summed E-state index contributed by atoms with van der Waals surface area (Å²) in [5.74, 6) is 1.15. The highest BCUT2D eigenvalue weighted by Crippen LogP contribution is 2.19. The molecule has 0 aromatic heterocycles. The fourth-order valence-corrected chi connectivity index (χ4v) is 2.70. The van der Waals surface area contributed by atoms with Crippen LogP contribution in [0.15, 0.2) is 18.2 Å². The van der Waals surface area contributed by atoms with Crippen molar-refractivity contribution in [2.45, 2.75) is 52.1 Å². The molecular formula is C18H27NO3. The number of nitrogens with zero attached hydrogens (tertiary/aromatic N) is 1. The van der Waals surface area contributed by atoms with Crippen LogP contribution in [0.2, 0.25) is 0 Å². The fourth-order valence-electron chi connectivity index (χ4n) is 2.70. The van der Waals surface area contributed by atoms with Crippen LogP contribution in [0.3, 0.4) is 0 Å². The van der Waals surface area contributed by atoms with Crippen LogP contribution in [0.25, 0.3) is 0 Å². The molecule has 1 saturated heterocycles. The van der Waals surface area contributed by atoms with Gasteiger partial charge in [0.25, 0.3) is 0 Å². The van der Waals surface area contributed by atoms with Gasteiger partial charge in [0, 0.05) is 19.5 Å². The fraction of sp³-hybridized carbons (Fsp3) is 0.611. The second-order valence-corrected chi connectivity index (χ2v) is 6.19. The van der Waals surface area contributed by atoms with E-state index in [-0.39, 0.29) is 12.0 Å². The molecule has 0 unspecified atom stereocenters. The molecule has 1 aliphatic heterocycles. The van der Waals surface area contributed by atoms with Gasteiger partial charge < -0.3 is 14.7 Å². The summed E-state index contributed by atoms with van der Waals surface area (Å²) in [5, 5.41) is 9.45. The molecule has 2 rings (SSSR count). The number of rotatable bonds is 6. The van der Waals surface area contributed by atoms with Crippen LogP contribution in [-0.2, 0) is 4.79 Å². The van der Waals surface area contributed by atoms with E-state index in [1.54, 1.807) is 0 Å². The monoisotopic (exact) mass is 305 g/mol. The summed E-state index contributed by atoms with van der Waals surface area (Å²) < 4.78 is 5.80. The summed E-state index contributed by atoms with van der Waals surface area (Å²) >= 11 is 0. The van der Waals surface area contributed by atoms with E-state index >= 15 is 0 Å². The van der Waals surface area contributed by atoms with Gasteiger partial charge in [0.05, 0.1) is 12.7 Å². The highest BCUT2D eigenvalue weighted by Gasteiger charge is 2.20. The van der Waals surface area contributed by atoms with Crippen molar-refractivity contribution in [2.75, 3.05) is 19.7 Å². The highest BCUT2D eigenvalue weighted by atomic mass is 16.5. The zero-order valence-electron chi connectivity index (χ0n) is 13.7. The Balaban J connectivity index is 1.63. The number of likely N-dealkylation sites (tertiary alicyclic amines) is 1. The van der Waals surface area contributed by atoms with Gasteiger partial charge in [0.2, 0.25) is 5.91 Å². The summed E-state index contributed by atoms with van der Waals surface area (Å²) in [6.45, 7) is 6.14.